The zero-order chi connectivity index (χ0) is 17.6. The van der Waals surface area contributed by atoms with Crippen molar-refractivity contribution in [1.29, 1.82) is 0 Å². The van der Waals surface area contributed by atoms with Crippen LogP contribution in [-0.4, -0.2) is 39.5 Å². The molecule has 1 aromatic carbocycles. The maximum Gasteiger partial charge on any atom is 0.317 e. The molecule has 1 saturated heterocycles. The van der Waals surface area contributed by atoms with Crippen molar-refractivity contribution in [3.63, 3.8) is 0 Å². The Kier molecular flexibility index (Phi) is 5.33. The Morgan fingerprint density at radius 2 is 1.84 bits per heavy atom. The molecular formula is C18H23N5O2. The lowest BCUT2D eigenvalue weighted by Gasteiger charge is -2.30. The van der Waals surface area contributed by atoms with Crippen molar-refractivity contribution >= 4 is 11.9 Å². The molecule has 1 aliphatic rings. The van der Waals surface area contributed by atoms with E-state index >= 15 is 0 Å². The van der Waals surface area contributed by atoms with Gasteiger partial charge in [-0.1, -0.05) is 24.3 Å². The smallest absolute Gasteiger partial charge is 0.317 e. The Labute approximate surface area is 146 Å². The van der Waals surface area contributed by atoms with Gasteiger partial charge in [0, 0.05) is 44.5 Å². The fraction of sp³-hybridized carbons (Fsp3) is 0.389. The second-order valence-corrected chi connectivity index (χ2v) is 6.37. The molecule has 2 aromatic rings. The number of piperidine rings is 1. The number of benzene rings is 1. The van der Waals surface area contributed by atoms with Crippen molar-refractivity contribution in [1.82, 2.24) is 19.8 Å². The Morgan fingerprint density at radius 1 is 1.16 bits per heavy atom. The number of primary amides is 1. The van der Waals surface area contributed by atoms with Crippen molar-refractivity contribution in [2.45, 2.75) is 25.9 Å². The maximum absolute atomic E-state index is 12.2. The number of imidazole rings is 1. The Morgan fingerprint density at radius 3 is 2.44 bits per heavy atom. The van der Waals surface area contributed by atoms with E-state index in [0.29, 0.717) is 32.5 Å². The molecule has 0 aliphatic carbocycles. The van der Waals surface area contributed by atoms with E-state index in [1.54, 1.807) is 17.4 Å². The number of carbonyl (C=O) groups excluding carboxylic acids is 2. The highest BCUT2D eigenvalue weighted by Gasteiger charge is 2.25. The number of hydrogen-bond acceptors (Lipinski definition) is 3. The first-order valence-corrected chi connectivity index (χ1v) is 8.47. The van der Waals surface area contributed by atoms with Gasteiger partial charge in [0.05, 0.1) is 6.33 Å². The van der Waals surface area contributed by atoms with Gasteiger partial charge < -0.3 is 20.5 Å². The second-order valence-electron chi connectivity index (χ2n) is 6.37. The van der Waals surface area contributed by atoms with E-state index in [2.05, 4.69) is 22.4 Å². The van der Waals surface area contributed by atoms with Gasteiger partial charge >= 0.3 is 6.03 Å². The van der Waals surface area contributed by atoms with E-state index in [9.17, 15) is 9.59 Å². The van der Waals surface area contributed by atoms with E-state index in [1.807, 2.05) is 22.9 Å². The van der Waals surface area contributed by atoms with Crippen molar-refractivity contribution in [2.75, 3.05) is 13.1 Å². The molecular weight excluding hydrogens is 318 g/mol. The van der Waals surface area contributed by atoms with E-state index in [1.165, 1.54) is 5.56 Å². The van der Waals surface area contributed by atoms with Crippen molar-refractivity contribution in [3.05, 3.63) is 54.1 Å². The molecule has 3 rings (SSSR count). The number of nitrogens with two attached hydrogens (primary N) is 1. The minimum atomic E-state index is -0.268. The summed E-state index contributed by atoms with van der Waals surface area (Å²) in [7, 11) is 0. The predicted octanol–water partition coefficient (Wildman–Crippen LogP) is 1.34. The lowest BCUT2D eigenvalue weighted by Crippen LogP contribution is -2.46. The lowest BCUT2D eigenvalue weighted by molar-refractivity contribution is -0.123. The molecule has 0 bridgehead atoms. The third-order valence-corrected chi connectivity index (χ3v) is 4.58. The van der Waals surface area contributed by atoms with Crippen molar-refractivity contribution in [2.24, 2.45) is 11.7 Å². The molecule has 0 atom stereocenters. The molecule has 1 aromatic heterocycles. The molecule has 132 valence electrons. The minimum Gasteiger partial charge on any atom is -0.369 e. The van der Waals surface area contributed by atoms with Crippen LogP contribution in [0, 0.1) is 5.92 Å². The number of hydrogen-bond donors (Lipinski definition) is 2. The van der Waals surface area contributed by atoms with Crippen LogP contribution in [-0.2, 0) is 17.9 Å². The third-order valence-electron chi connectivity index (χ3n) is 4.58. The van der Waals surface area contributed by atoms with E-state index in [-0.39, 0.29) is 17.9 Å². The number of carbonyl (C=O) groups is 2. The largest absolute Gasteiger partial charge is 0.369 e. The van der Waals surface area contributed by atoms with Crippen LogP contribution >= 0.6 is 0 Å². The Hall–Kier alpha value is -2.83. The SMILES string of the molecule is NC(=O)C1CCN(C(=O)NCc2ccc(Cn3ccnc3)cc2)CC1. The zero-order valence-electron chi connectivity index (χ0n) is 14.1. The van der Waals surface area contributed by atoms with Crippen molar-refractivity contribution < 1.29 is 9.59 Å². The van der Waals surface area contributed by atoms with E-state index in [4.69, 9.17) is 5.73 Å². The molecule has 2 heterocycles. The standard InChI is InChI=1S/C18H23N5O2/c19-17(24)16-5-8-23(9-6-16)18(25)21-11-14-1-3-15(4-2-14)12-22-10-7-20-13-22/h1-4,7,10,13,16H,5-6,8-9,11-12H2,(H2,19,24)(H,21,25). The summed E-state index contributed by atoms with van der Waals surface area (Å²) in [4.78, 5) is 29.2. The number of nitrogens with one attached hydrogen (secondary N) is 1. The molecule has 0 spiro atoms. The number of rotatable bonds is 5. The summed E-state index contributed by atoms with van der Waals surface area (Å²) in [6, 6.07) is 8.06. The normalized spacial score (nSPS) is 15.1. The first-order chi connectivity index (χ1) is 12.1. The van der Waals surface area contributed by atoms with Crippen molar-refractivity contribution in [3.8, 4) is 0 Å². The van der Waals surface area contributed by atoms with Crippen LogP contribution in [0.5, 0.6) is 0 Å². The molecule has 25 heavy (non-hydrogen) atoms. The number of urea groups is 1. The van der Waals surface area contributed by atoms with E-state index in [0.717, 1.165) is 12.1 Å². The van der Waals surface area contributed by atoms with Crippen LogP contribution in [0.25, 0.3) is 0 Å². The number of nitrogens with zero attached hydrogens (tertiary/aromatic N) is 3. The van der Waals surface area contributed by atoms with Crippen LogP contribution in [0.4, 0.5) is 4.79 Å². The molecule has 3 amide bonds. The van der Waals surface area contributed by atoms with Gasteiger partial charge in [-0.05, 0) is 24.0 Å². The molecule has 0 unspecified atom stereocenters. The van der Waals surface area contributed by atoms with Crippen LogP contribution in [0.2, 0.25) is 0 Å². The summed E-state index contributed by atoms with van der Waals surface area (Å²) >= 11 is 0. The number of aromatic nitrogens is 2. The van der Waals surface area contributed by atoms with Crippen LogP contribution in [0.1, 0.15) is 24.0 Å². The summed E-state index contributed by atoms with van der Waals surface area (Å²) in [6.45, 7) is 2.41. The molecule has 1 aliphatic heterocycles. The van der Waals surface area contributed by atoms with Gasteiger partial charge in [-0.25, -0.2) is 9.78 Å². The zero-order valence-corrected chi connectivity index (χ0v) is 14.1. The molecule has 7 nitrogen and oxygen atoms in total. The number of likely N-dealkylation sites (tertiary alicyclic amines) is 1. The molecule has 0 radical (unpaired) electrons. The molecule has 3 N–H and O–H groups in total. The lowest BCUT2D eigenvalue weighted by atomic mass is 9.96. The van der Waals surface area contributed by atoms with Crippen LogP contribution in [0.15, 0.2) is 43.0 Å². The van der Waals surface area contributed by atoms with Gasteiger partial charge in [-0.3, -0.25) is 4.79 Å². The molecule has 1 fully saturated rings. The van der Waals surface area contributed by atoms with Gasteiger partial charge in [-0.2, -0.15) is 0 Å². The van der Waals surface area contributed by atoms with Gasteiger partial charge in [0.1, 0.15) is 0 Å². The summed E-state index contributed by atoms with van der Waals surface area (Å²) in [5, 5.41) is 2.93. The quantitative estimate of drug-likeness (QED) is 0.859. The fourth-order valence-corrected chi connectivity index (χ4v) is 3.01. The third kappa shape index (κ3) is 4.59. The highest BCUT2D eigenvalue weighted by molar-refractivity contribution is 5.78. The summed E-state index contributed by atoms with van der Waals surface area (Å²) in [6.07, 6.45) is 6.76. The molecule has 0 saturated carbocycles. The highest BCUT2D eigenvalue weighted by Crippen LogP contribution is 2.16. The summed E-state index contributed by atoms with van der Waals surface area (Å²) < 4.78 is 2.01. The molecule has 7 heteroatoms. The Bertz CT molecular complexity index is 704. The average molecular weight is 341 g/mol. The van der Waals surface area contributed by atoms with Crippen LogP contribution < -0.4 is 11.1 Å². The minimum absolute atomic E-state index is 0.0922. The van der Waals surface area contributed by atoms with Gasteiger partial charge in [0.2, 0.25) is 5.91 Å². The summed E-state index contributed by atoms with van der Waals surface area (Å²) in [5.74, 6) is -0.372. The fourth-order valence-electron chi connectivity index (χ4n) is 3.01. The van der Waals surface area contributed by atoms with Gasteiger partial charge in [0.25, 0.3) is 0 Å². The highest BCUT2D eigenvalue weighted by atomic mass is 16.2. The van der Waals surface area contributed by atoms with Crippen LogP contribution in [0.3, 0.4) is 0 Å². The topological polar surface area (TPSA) is 93.3 Å². The summed E-state index contributed by atoms with van der Waals surface area (Å²) in [5.41, 5.74) is 7.55. The predicted molar refractivity (Wildman–Crippen MR) is 93.5 cm³/mol. The van der Waals surface area contributed by atoms with E-state index < -0.39 is 0 Å². The number of amides is 3. The maximum atomic E-state index is 12.2. The first-order valence-electron chi connectivity index (χ1n) is 8.47. The monoisotopic (exact) mass is 341 g/mol. The first kappa shape index (κ1) is 17.0. The average Bonchev–Trinajstić information content (AvgIpc) is 3.14. The second kappa shape index (κ2) is 7.83. The van der Waals surface area contributed by atoms with Gasteiger partial charge in [0.15, 0.2) is 0 Å². The van der Waals surface area contributed by atoms with Gasteiger partial charge in [-0.15, -0.1) is 0 Å². The Balaban J connectivity index is 1.45.